The minimum atomic E-state index is 0.0988. The van der Waals surface area contributed by atoms with Crippen molar-refractivity contribution in [1.82, 2.24) is 20.2 Å². The van der Waals surface area contributed by atoms with Crippen LogP contribution in [0.4, 0.5) is 5.82 Å². The largest absolute Gasteiger partial charge is 0.356 e. The van der Waals surface area contributed by atoms with Gasteiger partial charge in [0.2, 0.25) is 11.8 Å². The molecule has 34 heavy (non-hydrogen) atoms. The van der Waals surface area contributed by atoms with E-state index in [-0.39, 0.29) is 17.9 Å². The summed E-state index contributed by atoms with van der Waals surface area (Å²) >= 11 is 0. The van der Waals surface area contributed by atoms with E-state index in [1.54, 1.807) is 0 Å². The van der Waals surface area contributed by atoms with Gasteiger partial charge in [0.25, 0.3) is 0 Å². The van der Waals surface area contributed by atoms with Gasteiger partial charge in [0.1, 0.15) is 11.6 Å². The fraction of sp³-hybridized carbons (Fsp3) is 0.778. The highest BCUT2D eigenvalue weighted by Crippen LogP contribution is 2.30. The molecule has 0 unspecified atom stereocenters. The Labute approximate surface area is 205 Å². The fourth-order valence-electron chi connectivity index (χ4n) is 6.23. The van der Waals surface area contributed by atoms with E-state index in [9.17, 15) is 9.59 Å². The number of hydrogen-bond acceptors (Lipinski definition) is 5. The zero-order valence-corrected chi connectivity index (χ0v) is 21.4. The zero-order chi connectivity index (χ0) is 24.1. The maximum absolute atomic E-state index is 13.2. The summed E-state index contributed by atoms with van der Waals surface area (Å²) in [4.78, 5) is 39.0. The van der Waals surface area contributed by atoms with Crippen LogP contribution in [0.25, 0.3) is 0 Å². The van der Waals surface area contributed by atoms with Crippen molar-refractivity contribution in [2.75, 3.05) is 25.0 Å². The van der Waals surface area contributed by atoms with Gasteiger partial charge in [-0.05, 0) is 71.1 Å². The molecule has 2 amide bonds. The second kappa shape index (κ2) is 11.5. The van der Waals surface area contributed by atoms with Crippen molar-refractivity contribution in [3.8, 4) is 0 Å². The van der Waals surface area contributed by atoms with Crippen LogP contribution in [0.1, 0.15) is 88.6 Å². The van der Waals surface area contributed by atoms with E-state index >= 15 is 0 Å². The van der Waals surface area contributed by atoms with Crippen molar-refractivity contribution in [1.29, 1.82) is 0 Å². The van der Waals surface area contributed by atoms with Crippen molar-refractivity contribution in [3.05, 3.63) is 17.6 Å². The Kier molecular flexibility index (Phi) is 8.43. The van der Waals surface area contributed by atoms with Gasteiger partial charge < -0.3 is 15.1 Å². The Balaban J connectivity index is 1.19. The molecular formula is C27H43N5O2. The number of nitrogens with zero attached hydrogens (tertiary/aromatic N) is 4. The van der Waals surface area contributed by atoms with Crippen LogP contribution in [0.5, 0.6) is 0 Å². The average Bonchev–Trinajstić information content (AvgIpc) is 2.84. The predicted molar refractivity (Wildman–Crippen MR) is 135 cm³/mol. The number of nitrogens with one attached hydrogen (secondary N) is 1. The minimum Gasteiger partial charge on any atom is -0.356 e. The first-order chi connectivity index (χ1) is 16.4. The molecule has 0 bridgehead atoms. The molecule has 4 rings (SSSR count). The quantitative estimate of drug-likeness (QED) is 0.677. The first-order valence-corrected chi connectivity index (χ1v) is 13.5. The molecule has 3 fully saturated rings. The SMILES string of the molecule is Cc1cc(N2CCC(N(C)C(=O)C3CCC(NC(=O)CC4CCCCC4)CC3)CC2)nc(C)n1. The predicted octanol–water partition coefficient (Wildman–Crippen LogP) is 4.17. The first kappa shape index (κ1) is 24.9. The van der Waals surface area contributed by atoms with Crippen molar-refractivity contribution in [2.24, 2.45) is 11.8 Å². The number of aromatic nitrogens is 2. The summed E-state index contributed by atoms with van der Waals surface area (Å²) in [6, 6.07) is 2.59. The second-order valence-corrected chi connectivity index (χ2v) is 10.9. The molecule has 2 saturated carbocycles. The third kappa shape index (κ3) is 6.48. The number of aryl methyl sites for hydroxylation is 2. The van der Waals surface area contributed by atoms with Gasteiger partial charge in [-0.25, -0.2) is 9.97 Å². The van der Waals surface area contributed by atoms with E-state index in [2.05, 4.69) is 26.3 Å². The number of hydrogen-bond donors (Lipinski definition) is 1. The van der Waals surface area contributed by atoms with Gasteiger partial charge in [-0.15, -0.1) is 0 Å². The first-order valence-electron chi connectivity index (χ1n) is 13.5. The molecule has 0 spiro atoms. The van der Waals surface area contributed by atoms with Gasteiger partial charge in [-0.1, -0.05) is 19.3 Å². The van der Waals surface area contributed by atoms with Crippen LogP contribution in [-0.2, 0) is 9.59 Å². The molecule has 1 N–H and O–H groups in total. The van der Waals surface area contributed by atoms with E-state index < -0.39 is 0 Å². The van der Waals surface area contributed by atoms with Gasteiger partial charge in [0.15, 0.2) is 0 Å². The number of amides is 2. The van der Waals surface area contributed by atoms with Gasteiger partial charge in [0, 0.05) is 56.3 Å². The topological polar surface area (TPSA) is 78.4 Å². The zero-order valence-electron chi connectivity index (χ0n) is 21.4. The molecule has 0 aromatic carbocycles. The molecule has 1 aliphatic heterocycles. The summed E-state index contributed by atoms with van der Waals surface area (Å²) < 4.78 is 0. The van der Waals surface area contributed by atoms with Crippen LogP contribution in [-0.4, -0.2) is 58.9 Å². The van der Waals surface area contributed by atoms with Crippen LogP contribution in [0.15, 0.2) is 6.07 Å². The number of carbonyl (C=O) groups excluding carboxylic acids is 2. The lowest BCUT2D eigenvalue weighted by molar-refractivity contribution is -0.137. The Hall–Kier alpha value is -2.18. The summed E-state index contributed by atoms with van der Waals surface area (Å²) in [5.41, 5.74) is 0.998. The van der Waals surface area contributed by atoms with Gasteiger partial charge in [0.05, 0.1) is 0 Å². The van der Waals surface area contributed by atoms with E-state index in [0.29, 0.717) is 24.3 Å². The standard InChI is InChI=1S/C27H43N5O2/c1-19-17-25(29-20(2)28-19)32-15-13-24(14-16-32)31(3)27(34)22-9-11-23(12-10-22)30-26(33)18-21-7-5-4-6-8-21/h17,21-24H,4-16,18H2,1-3H3,(H,30,33). The molecule has 1 aromatic rings. The van der Waals surface area contributed by atoms with E-state index in [0.717, 1.165) is 69.0 Å². The monoisotopic (exact) mass is 469 g/mol. The number of anilines is 1. The number of piperidine rings is 1. The highest BCUT2D eigenvalue weighted by Gasteiger charge is 2.33. The van der Waals surface area contributed by atoms with Crippen LogP contribution in [0.3, 0.4) is 0 Å². The molecular weight excluding hydrogens is 426 g/mol. The Bertz CT molecular complexity index is 817. The van der Waals surface area contributed by atoms with Gasteiger partial charge in [-0.3, -0.25) is 9.59 Å². The summed E-state index contributed by atoms with van der Waals surface area (Å²) in [6.07, 6.45) is 12.5. The van der Waals surface area contributed by atoms with E-state index in [1.807, 2.05) is 25.8 Å². The molecule has 0 atom stereocenters. The molecule has 7 heteroatoms. The summed E-state index contributed by atoms with van der Waals surface area (Å²) in [5.74, 6) is 3.00. The van der Waals surface area contributed by atoms with Crippen molar-refractivity contribution in [2.45, 2.75) is 103 Å². The smallest absolute Gasteiger partial charge is 0.225 e. The average molecular weight is 470 g/mol. The molecule has 2 aliphatic carbocycles. The molecule has 188 valence electrons. The molecule has 2 heterocycles. The fourth-order valence-corrected chi connectivity index (χ4v) is 6.23. The molecule has 3 aliphatic rings. The van der Waals surface area contributed by atoms with Crippen LogP contribution in [0.2, 0.25) is 0 Å². The number of rotatable bonds is 6. The van der Waals surface area contributed by atoms with Gasteiger partial charge >= 0.3 is 0 Å². The highest BCUT2D eigenvalue weighted by molar-refractivity contribution is 5.79. The third-order valence-corrected chi connectivity index (χ3v) is 8.28. The molecule has 1 saturated heterocycles. The van der Waals surface area contributed by atoms with Crippen LogP contribution in [0, 0.1) is 25.7 Å². The summed E-state index contributed by atoms with van der Waals surface area (Å²) in [5, 5.41) is 3.27. The normalized spacial score (nSPS) is 24.6. The second-order valence-electron chi connectivity index (χ2n) is 10.9. The molecule has 7 nitrogen and oxygen atoms in total. The maximum atomic E-state index is 13.2. The minimum absolute atomic E-state index is 0.0988. The Morgan fingerprint density at radius 3 is 2.29 bits per heavy atom. The summed E-state index contributed by atoms with van der Waals surface area (Å²) in [7, 11) is 1.99. The van der Waals surface area contributed by atoms with Gasteiger partial charge in [-0.2, -0.15) is 0 Å². The van der Waals surface area contributed by atoms with Crippen molar-refractivity contribution < 1.29 is 9.59 Å². The lowest BCUT2D eigenvalue weighted by atomic mass is 9.84. The lowest BCUT2D eigenvalue weighted by Gasteiger charge is -2.39. The maximum Gasteiger partial charge on any atom is 0.225 e. The van der Waals surface area contributed by atoms with Crippen LogP contribution < -0.4 is 10.2 Å². The molecule has 0 radical (unpaired) electrons. The Morgan fingerprint density at radius 2 is 1.65 bits per heavy atom. The van der Waals surface area contributed by atoms with Crippen molar-refractivity contribution in [3.63, 3.8) is 0 Å². The van der Waals surface area contributed by atoms with Crippen LogP contribution >= 0.6 is 0 Å². The van der Waals surface area contributed by atoms with E-state index in [4.69, 9.17) is 0 Å². The van der Waals surface area contributed by atoms with E-state index in [1.165, 1.54) is 32.1 Å². The lowest BCUT2D eigenvalue weighted by Crippen LogP contribution is -2.48. The Morgan fingerprint density at radius 1 is 0.971 bits per heavy atom. The molecule has 1 aromatic heterocycles. The number of carbonyl (C=O) groups is 2. The highest BCUT2D eigenvalue weighted by atomic mass is 16.2. The van der Waals surface area contributed by atoms with Crippen molar-refractivity contribution >= 4 is 17.6 Å². The summed E-state index contributed by atoms with van der Waals surface area (Å²) in [6.45, 7) is 5.77. The third-order valence-electron chi connectivity index (χ3n) is 8.28.